The van der Waals surface area contributed by atoms with E-state index in [9.17, 15) is 19.7 Å². The van der Waals surface area contributed by atoms with Crippen LogP contribution in [0, 0.1) is 10.1 Å². The van der Waals surface area contributed by atoms with Crippen LogP contribution >= 0.6 is 0 Å². The number of nitro benzene ring substituents is 1. The van der Waals surface area contributed by atoms with Crippen LogP contribution in [0.2, 0.25) is 0 Å². The fraction of sp³-hybridized carbons (Fsp3) is 0.300. The Morgan fingerprint density at radius 1 is 0.903 bits per heavy atom. The summed E-state index contributed by atoms with van der Waals surface area (Å²) in [6.07, 6.45) is -1.24. The van der Waals surface area contributed by atoms with Gasteiger partial charge in [0.15, 0.2) is 17.6 Å². The summed E-state index contributed by atoms with van der Waals surface area (Å²) in [5, 5.41) is 13.4. The van der Waals surface area contributed by atoms with Crippen LogP contribution in [0.5, 0.6) is 23.0 Å². The number of rotatable bonds is 9. The fourth-order valence-electron chi connectivity index (χ4n) is 2.61. The van der Waals surface area contributed by atoms with Crippen LogP contribution in [-0.2, 0) is 9.53 Å². The summed E-state index contributed by atoms with van der Waals surface area (Å²) >= 11 is 0. The first-order valence-corrected chi connectivity index (χ1v) is 8.90. The van der Waals surface area contributed by atoms with E-state index in [4.69, 9.17) is 23.7 Å². The molecule has 31 heavy (non-hydrogen) atoms. The molecule has 166 valence electrons. The number of nitrogens with one attached hydrogen (secondary N) is 1. The lowest BCUT2D eigenvalue weighted by Gasteiger charge is -2.17. The molecule has 0 radical (unpaired) electrons. The Morgan fingerprint density at radius 3 is 2.03 bits per heavy atom. The molecule has 2 aromatic carbocycles. The number of amides is 1. The minimum absolute atomic E-state index is 0.0210. The number of anilines is 1. The molecule has 0 unspecified atom stereocenters. The molecule has 2 rings (SSSR count). The molecule has 0 aliphatic carbocycles. The zero-order chi connectivity index (χ0) is 23.1. The number of non-ortho nitro benzene ring substituents is 1. The molecule has 0 fully saturated rings. The summed E-state index contributed by atoms with van der Waals surface area (Å²) in [6.45, 7) is 1.35. The van der Waals surface area contributed by atoms with Gasteiger partial charge in [0.25, 0.3) is 11.6 Å². The molecule has 2 aromatic rings. The Morgan fingerprint density at radius 2 is 1.48 bits per heavy atom. The van der Waals surface area contributed by atoms with Gasteiger partial charge in [-0.05, 0) is 13.0 Å². The molecule has 0 heterocycles. The van der Waals surface area contributed by atoms with Gasteiger partial charge in [-0.25, -0.2) is 4.79 Å². The maximum absolute atomic E-state index is 12.6. The van der Waals surface area contributed by atoms with Crippen molar-refractivity contribution >= 4 is 23.3 Å². The minimum Gasteiger partial charge on any atom is -0.496 e. The smallest absolute Gasteiger partial charge is 0.342 e. The van der Waals surface area contributed by atoms with E-state index in [1.54, 1.807) is 0 Å². The third-order valence-corrected chi connectivity index (χ3v) is 4.23. The molecule has 11 nitrogen and oxygen atoms in total. The standard InChI is InChI=1S/C20H22N2O9/c1-11(19(23)21-14-8-12(22(25)26)6-7-15(14)27-2)31-20(24)13-9-17(29-4)18(30-5)10-16(13)28-3/h6-11H,1-5H3,(H,21,23)/t11-/m0/s1. The Kier molecular flexibility index (Phi) is 7.61. The topological polar surface area (TPSA) is 135 Å². The van der Waals surface area contributed by atoms with Crippen LogP contribution in [0.3, 0.4) is 0 Å². The largest absolute Gasteiger partial charge is 0.496 e. The number of carbonyl (C=O) groups excluding carboxylic acids is 2. The fourth-order valence-corrected chi connectivity index (χ4v) is 2.61. The monoisotopic (exact) mass is 434 g/mol. The highest BCUT2D eigenvalue weighted by atomic mass is 16.6. The van der Waals surface area contributed by atoms with E-state index in [2.05, 4.69) is 5.32 Å². The number of esters is 1. The Hall–Kier alpha value is -4.02. The van der Waals surface area contributed by atoms with Crippen LogP contribution in [0.4, 0.5) is 11.4 Å². The first-order valence-electron chi connectivity index (χ1n) is 8.90. The molecule has 0 bridgehead atoms. The van der Waals surface area contributed by atoms with E-state index in [0.29, 0.717) is 5.75 Å². The summed E-state index contributed by atoms with van der Waals surface area (Å²) in [7, 11) is 5.55. The van der Waals surface area contributed by atoms with Crippen LogP contribution in [0.15, 0.2) is 30.3 Å². The van der Waals surface area contributed by atoms with Gasteiger partial charge in [-0.1, -0.05) is 0 Å². The molecule has 1 amide bonds. The molecule has 0 saturated heterocycles. The highest BCUT2D eigenvalue weighted by Gasteiger charge is 2.25. The van der Waals surface area contributed by atoms with E-state index in [-0.39, 0.29) is 34.2 Å². The predicted octanol–water partition coefficient (Wildman–Crippen LogP) is 2.81. The van der Waals surface area contributed by atoms with Crippen molar-refractivity contribution in [1.82, 2.24) is 0 Å². The lowest BCUT2D eigenvalue weighted by Crippen LogP contribution is -2.30. The molecule has 1 N–H and O–H groups in total. The number of methoxy groups -OCH3 is 4. The van der Waals surface area contributed by atoms with Crippen LogP contribution in [0.25, 0.3) is 0 Å². The summed E-state index contributed by atoms with van der Waals surface area (Å²) in [4.78, 5) is 35.5. The summed E-state index contributed by atoms with van der Waals surface area (Å²) in [5.74, 6) is -0.569. The van der Waals surface area contributed by atoms with Crippen molar-refractivity contribution in [3.63, 3.8) is 0 Å². The lowest BCUT2D eigenvalue weighted by molar-refractivity contribution is -0.384. The number of hydrogen-bond donors (Lipinski definition) is 1. The van der Waals surface area contributed by atoms with Crippen LogP contribution in [0.1, 0.15) is 17.3 Å². The lowest BCUT2D eigenvalue weighted by atomic mass is 10.1. The first-order chi connectivity index (χ1) is 14.7. The molecule has 0 aliphatic rings. The molecule has 0 spiro atoms. The number of carbonyl (C=O) groups is 2. The van der Waals surface area contributed by atoms with Gasteiger partial charge in [-0.15, -0.1) is 0 Å². The van der Waals surface area contributed by atoms with Gasteiger partial charge in [0, 0.05) is 24.3 Å². The van der Waals surface area contributed by atoms with Crippen molar-refractivity contribution in [2.24, 2.45) is 0 Å². The van der Waals surface area contributed by atoms with Gasteiger partial charge in [0.2, 0.25) is 0 Å². The van der Waals surface area contributed by atoms with E-state index in [1.807, 2.05) is 0 Å². The third kappa shape index (κ3) is 5.32. The average molecular weight is 434 g/mol. The Labute approximate surface area is 178 Å². The number of benzene rings is 2. The second-order valence-electron chi connectivity index (χ2n) is 6.09. The van der Waals surface area contributed by atoms with E-state index in [1.165, 1.54) is 59.6 Å². The van der Waals surface area contributed by atoms with E-state index in [0.717, 1.165) is 6.07 Å². The summed E-state index contributed by atoms with van der Waals surface area (Å²) in [6, 6.07) is 6.55. The molecule has 0 saturated carbocycles. The highest BCUT2D eigenvalue weighted by molar-refractivity contribution is 5.99. The van der Waals surface area contributed by atoms with Gasteiger partial charge >= 0.3 is 5.97 Å². The van der Waals surface area contributed by atoms with Gasteiger partial charge in [0.1, 0.15) is 17.1 Å². The zero-order valence-electron chi connectivity index (χ0n) is 17.6. The molecule has 0 aliphatic heterocycles. The van der Waals surface area contributed by atoms with Crippen molar-refractivity contribution in [2.75, 3.05) is 33.8 Å². The second kappa shape index (κ2) is 10.1. The number of nitro groups is 1. The average Bonchev–Trinajstić information content (AvgIpc) is 2.77. The molecular formula is C20H22N2O9. The van der Waals surface area contributed by atoms with Gasteiger partial charge in [-0.2, -0.15) is 0 Å². The molecule has 11 heteroatoms. The zero-order valence-corrected chi connectivity index (χ0v) is 17.6. The van der Waals surface area contributed by atoms with Crippen molar-refractivity contribution in [2.45, 2.75) is 13.0 Å². The number of ether oxygens (including phenoxy) is 5. The van der Waals surface area contributed by atoms with Crippen molar-refractivity contribution in [3.8, 4) is 23.0 Å². The normalized spacial score (nSPS) is 11.1. The van der Waals surface area contributed by atoms with Gasteiger partial charge in [-0.3, -0.25) is 14.9 Å². The number of hydrogen-bond acceptors (Lipinski definition) is 9. The summed E-state index contributed by atoms with van der Waals surface area (Å²) in [5.41, 5.74) is -0.156. The van der Waals surface area contributed by atoms with E-state index >= 15 is 0 Å². The predicted molar refractivity (Wildman–Crippen MR) is 109 cm³/mol. The van der Waals surface area contributed by atoms with E-state index < -0.39 is 22.9 Å². The SMILES string of the molecule is COc1ccc([N+](=O)[O-])cc1NC(=O)[C@H](C)OC(=O)c1cc(OC)c(OC)cc1OC. The van der Waals surface area contributed by atoms with Crippen LogP contribution < -0.4 is 24.3 Å². The summed E-state index contributed by atoms with van der Waals surface area (Å²) < 4.78 is 25.9. The molecule has 1 atom stereocenters. The maximum Gasteiger partial charge on any atom is 0.342 e. The Bertz CT molecular complexity index is 991. The van der Waals surface area contributed by atoms with Crippen LogP contribution in [-0.4, -0.2) is 51.3 Å². The minimum atomic E-state index is -1.24. The van der Waals surface area contributed by atoms with Crippen molar-refractivity contribution < 1.29 is 38.2 Å². The van der Waals surface area contributed by atoms with Gasteiger partial charge < -0.3 is 29.0 Å². The van der Waals surface area contributed by atoms with Crippen molar-refractivity contribution in [1.29, 1.82) is 0 Å². The molecule has 0 aromatic heterocycles. The Balaban J connectivity index is 2.21. The highest BCUT2D eigenvalue weighted by Crippen LogP contribution is 2.35. The second-order valence-corrected chi connectivity index (χ2v) is 6.09. The molecular weight excluding hydrogens is 412 g/mol. The van der Waals surface area contributed by atoms with Gasteiger partial charge in [0.05, 0.1) is 39.0 Å². The first kappa shape index (κ1) is 23.3. The third-order valence-electron chi connectivity index (χ3n) is 4.23. The van der Waals surface area contributed by atoms with Crippen molar-refractivity contribution in [3.05, 3.63) is 46.0 Å². The quantitative estimate of drug-likeness (QED) is 0.359. The number of nitrogens with zero attached hydrogens (tertiary/aromatic N) is 1. The maximum atomic E-state index is 12.6.